The maximum atomic E-state index is 13.7. The van der Waals surface area contributed by atoms with Gasteiger partial charge in [-0.1, -0.05) is 0 Å². The van der Waals surface area contributed by atoms with E-state index in [1.54, 1.807) is 36.9 Å². The van der Waals surface area contributed by atoms with Gasteiger partial charge in [-0.15, -0.1) is 0 Å². The Morgan fingerprint density at radius 3 is 3.00 bits per heavy atom. The van der Waals surface area contributed by atoms with E-state index in [9.17, 15) is 4.39 Å². The molecule has 3 aromatic rings. The molecule has 0 aliphatic carbocycles. The van der Waals surface area contributed by atoms with E-state index < -0.39 is 0 Å². The molecule has 2 heterocycles. The molecular formula is C14H12FN3O. The highest BCUT2D eigenvalue weighted by Crippen LogP contribution is 2.25. The molecular weight excluding hydrogens is 245 g/mol. The predicted molar refractivity (Wildman–Crippen MR) is 70.0 cm³/mol. The number of rotatable bonds is 4. The molecule has 19 heavy (non-hydrogen) atoms. The van der Waals surface area contributed by atoms with Crippen molar-refractivity contribution in [1.29, 1.82) is 0 Å². The Hall–Kier alpha value is -2.56. The fourth-order valence-electron chi connectivity index (χ4n) is 1.83. The van der Waals surface area contributed by atoms with Crippen molar-refractivity contribution in [3.63, 3.8) is 0 Å². The van der Waals surface area contributed by atoms with Crippen LogP contribution >= 0.6 is 0 Å². The number of nitrogens with zero attached hydrogens (tertiary/aromatic N) is 1. The van der Waals surface area contributed by atoms with Gasteiger partial charge < -0.3 is 14.7 Å². The van der Waals surface area contributed by atoms with Crippen LogP contribution in [-0.4, -0.2) is 9.97 Å². The van der Waals surface area contributed by atoms with Crippen LogP contribution in [0.15, 0.2) is 53.4 Å². The van der Waals surface area contributed by atoms with E-state index in [2.05, 4.69) is 15.3 Å². The van der Waals surface area contributed by atoms with E-state index in [4.69, 9.17) is 4.42 Å². The van der Waals surface area contributed by atoms with Crippen molar-refractivity contribution in [2.45, 2.75) is 6.54 Å². The summed E-state index contributed by atoms with van der Waals surface area (Å²) in [5.41, 5.74) is 1.25. The van der Waals surface area contributed by atoms with Gasteiger partial charge in [0.15, 0.2) is 0 Å². The molecule has 3 rings (SSSR count). The van der Waals surface area contributed by atoms with Crippen molar-refractivity contribution < 1.29 is 8.81 Å². The van der Waals surface area contributed by atoms with Crippen molar-refractivity contribution in [1.82, 2.24) is 9.97 Å². The molecule has 4 nitrogen and oxygen atoms in total. The first kappa shape index (κ1) is 11.5. The molecule has 0 radical (unpaired) electrons. The highest BCUT2D eigenvalue weighted by atomic mass is 19.1. The van der Waals surface area contributed by atoms with Gasteiger partial charge in [-0.25, -0.2) is 9.37 Å². The van der Waals surface area contributed by atoms with Gasteiger partial charge in [-0.05, 0) is 30.3 Å². The Morgan fingerprint density at radius 1 is 1.32 bits per heavy atom. The van der Waals surface area contributed by atoms with E-state index in [1.165, 1.54) is 6.07 Å². The summed E-state index contributed by atoms with van der Waals surface area (Å²) in [7, 11) is 0. The summed E-state index contributed by atoms with van der Waals surface area (Å²) in [6.07, 6.45) is 4.98. The minimum atomic E-state index is -0.304. The van der Waals surface area contributed by atoms with Crippen molar-refractivity contribution in [3.05, 3.63) is 60.6 Å². The summed E-state index contributed by atoms with van der Waals surface area (Å²) >= 11 is 0. The quantitative estimate of drug-likeness (QED) is 0.753. The molecule has 0 fully saturated rings. The normalized spacial score (nSPS) is 10.6. The van der Waals surface area contributed by atoms with E-state index >= 15 is 0 Å². The topological polar surface area (TPSA) is 53.9 Å². The number of aromatic amines is 1. The molecule has 96 valence electrons. The minimum Gasteiger partial charge on any atom is -0.464 e. The molecule has 0 saturated heterocycles. The zero-order chi connectivity index (χ0) is 13.1. The summed E-state index contributed by atoms with van der Waals surface area (Å²) in [4.78, 5) is 7.03. The molecule has 0 atom stereocenters. The van der Waals surface area contributed by atoms with Crippen LogP contribution in [0.4, 0.5) is 10.1 Å². The van der Waals surface area contributed by atoms with Crippen LogP contribution in [0.2, 0.25) is 0 Å². The van der Waals surface area contributed by atoms with Crippen molar-refractivity contribution in [2.75, 3.05) is 5.32 Å². The number of nitrogens with one attached hydrogen (secondary N) is 2. The van der Waals surface area contributed by atoms with Gasteiger partial charge in [-0.2, -0.15) is 0 Å². The van der Waals surface area contributed by atoms with Crippen LogP contribution < -0.4 is 5.32 Å². The van der Waals surface area contributed by atoms with E-state index in [0.717, 1.165) is 11.4 Å². The molecule has 0 saturated carbocycles. The number of anilines is 1. The van der Waals surface area contributed by atoms with Crippen molar-refractivity contribution in [3.8, 4) is 11.3 Å². The lowest BCUT2D eigenvalue weighted by atomic mass is 10.1. The highest BCUT2D eigenvalue weighted by Gasteiger charge is 2.07. The summed E-state index contributed by atoms with van der Waals surface area (Å²) in [6, 6.07) is 8.46. The van der Waals surface area contributed by atoms with Gasteiger partial charge in [0.1, 0.15) is 17.4 Å². The lowest BCUT2D eigenvalue weighted by Crippen LogP contribution is -2.03. The van der Waals surface area contributed by atoms with E-state index in [1.807, 2.05) is 6.07 Å². The lowest BCUT2D eigenvalue weighted by molar-refractivity contribution is 0.582. The number of halogens is 1. The maximum Gasteiger partial charge on any atom is 0.146 e. The number of H-pyrrole nitrogens is 1. The van der Waals surface area contributed by atoms with Gasteiger partial charge in [0.25, 0.3) is 0 Å². The zero-order valence-corrected chi connectivity index (χ0v) is 10.1. The monoisotopic (exact) mass is 257 g/mol. The van der Waals surface area contributed by atoms with Crippen LogP contribution in [-0.2, 0) is 6.54 Å². The van der Waals surface area contributed by atoms with Crippen LogP contribution in [0.5, 0.6) is 0 Å². The number of hydrogen-bond donors (Lipinski definition) is 2. The van der Waals surface area contributed by atoms with Crippen LogP contribution in [0.25, 0.3) is 11.3 Å². The largest absolute Gasteiger partial charge is 0.464 e. The second-order valence-electron chi connectivity index (χ2n) is 4.06. The molecule has 0 bridgehead atoms. The lowest BCUT2D eigenvalue weighted by Gasteiger charge is -2.07. The molecule has 0 aliphatic heterocycles. The van der Waals surface area contributed by atoms with Crippen molar-refractivity contribution in [2.24, 2.45) is 0 Å². The van der Waals surface area contributed by atoms with Crippen LogP contribution in [0, 0.1) is 5.82 Å². The first-order chi connectivity index (χ1) is 9.33. The highest BCUT2D eigenvalue weighted by molar-refractivity contribution is 5.64. The SMILES string of the molecule is Fc1ccc(-c2ccco2)cc1NCc1ncc[nH]1. The Bertz CT molecular complexity index is 647. The van der Waals surface area contributed by atoms with Gasteiger partial charge in [-0.3, -0.25) is 0 Å². The Balaban J connectivity index is 1.82. The molecule has 0 spiro atoms. The number of furan rings is 1. The van der Waals surface area contributed by atoms with Crippen LogP contribution in [0.1, 0.15) is 5.82 Å². The van der Waals surface area contributed by atoms with Crippen LogP contribution in [0.3, 0.4) is 0 Å². The first-order valence-corrected chi connectivity index (χ1v) is 5.88. The molecule has 0 amide bonds. The average Bonchev–Trinajstić information content (AvgIpc) is 3.11. The Labute approximate surface area is 109 Å². The number of aromatic nitrogens is 2. The zero-order valence-electron chi connectivity index (χ0n) is 10.1. The first-order valence-electron chi connectivity index (χ1n) is 5.88. The summed E-state index contributed by atoms with van der Waals surface area (Å²) in [5, 5.41) is 3.01. The molecule has 0 aliphatic rings. The van der Waals surface area contributed by atoms with Gasteiger partial charge >= 0.3 is 0 Å². The molecule has 1 aromatic carbocycles. The van der Waals surface area contributed by atoms with Gasteiger partial charge in [0, 0.05) is 18.0 Å². The third kappa shape index (κ3) is 2.49. The molecule has 5 heteroatoms. The van der Waals surface area contributed by atoms with Gasteiger partial charge in [0.2, 0.25) is 0 Å². The standard InChI is InChI=1S/C14H12FN3O/c15-11-4-3-10(13-2-1-7-19-13)8-12(11)18-9-14-16-5-6-17-14/h1-8,18H,9H2,(H,16,17). The van der Waals surface area contributed by atoms with E-state index in [-0.39, 0.29) is 5.82 Å². The fraction of sp³-hybridized carbons (Fsp3) is 0.0714. The van der Waals surface area contributed by atoms with Gasteiger partial charge in [0.05, 0.1) is 18.5 Å². The summed E-state index contributed by atoms with van der Waals surface area (Å²) in [5.74, 6) is 1.16. The number of benzene rings is 1. The number of hydrogen-bond acceptors (Lipinski definition) is 3. The minimum absolute atomic E-state index is 0.304. The van der Waals surface area contributed by atoms with E-state index in [0.29, 0.717) is 18.0 Å². The summed E-state index contributed by atoms with van der Waals surface area (Å²) < 4.78 is 19.0. The molecule has 2 aromatic heterocycles. The molecule has 0 unspecified atom stereocenters. The third-order valence-electron chi connectivity index (χ3n) is 2.77. The van der Waals surface area contributed by atoms with Crippen molar-refractivity contribution >= 4 is 5.69 Å². The molecule has 2 N–H and O–H groups in total. The third-order valence-corrected chi connectivity index (χ3v) is 2.77. The second-order valence-corrected chi connectivity index (χ2v) is 4.06. The Kier molecular flexibility index (Phi) is 3.02. The number of imidazole rings is 1. The smallest absolute Gasteiger partial charge is 0.146 e. The average molecular weight is 257 g/mol. The predicted octanol–water partition coefficient (Wildman–Crippen LogP) is 3.42. The Morgan fingerprint density at radius 2 is 2.26 bits per heavy atom. The second kappa shape index (κ2) is 4.97. The summed E-state index contributed by atoms with van der Waals surface area (Å²) in [6.45, 7) is 0.436. The fourth-order valence-corrected chi connectivity index (χ4v) is 1.83. The maximum absolute atomic E-state index is 13.7.